The highest BCUT2D eigenvalue weighted by atomic mass is 16.5. The maximum absolute atomic E-state index is 6.18. The molecule has 3 atom stereocenters. The quantitative estimate of drug-likeness (QED) is 0.905. The molecule has 3 rings (SSSR count). The predicted molar refractivity (Wildman–Crippen MR) is 75.3 cm³/mol. The van der Waals surface area contributed by atoms with Crippen molar-refractivity contribution in [3.63, 3.8) is 0 Å². The van der Waals surface area contributed by atoms with Crippen LogP contribution in [0.5, 0.6) is 5.75 Å². The first-order valence-electron chi connectivity index (χ1n) is 7.29. The van der Waals surface area contributed by atoms with Gasteiger partial charge in [0.15, 0.2) is 0 Å². The summed E-state index contributed by atoms with van der Waals surface area (Å²) in [6.45, 7) is 3.55. The van der Waals surface area contributed by atoms with Gasteiger partial charge in [-0.05, 0) is 36.8 Å². The normalized spacial score (nSPS) is 33.2. The fourth-order valence-electron chi connectivity index (χ4n) is 3.34. The van der Waals surface area contributed by atoms with Crippen LogP contribution in [0.15, 0.2) is 24.3 Å². The average Bonchev–Trinajstić information content (AvgIpc) is 3.00. The van der Waals surface area contributed by atoms with E-state index >= 15 is 0 Å². The second-order valence-electron chi connectivity index (χ2n) is 6.10. The van der Waals surface area contributed by atoms with Gasteiger partial charge in [0, 0.05) is 13.0 Å². The van der Waals surface area contributed by atoms with E-state index in [1.54, 1.807) is 0 Å². The van der Waals surface area contributed by atoms with Crippen molar-refractivity contribution in [2.24, 2.45) is 11.7 Å². The molecule has 1 saturated carbocycles. The van der Waals surface area contributed by atoms with Gasteiger partial charge in [-0.3, -0.25) is 0 Å². The maximum Gasteiger partial charge on any atom is 0.126 e. The van der Waals surface area contributed by atoms with E-state index in [1.807, 2.05) is 12.1 Å². The monoisotopic (exact) mass is 261 g/mol. The molecular weight excluding hydrogens is 238 g/mol. The highest BCUT2D eigenvalue weighted by Gasteiger charge is 2.38. The smallest absolute Gasteiger partial charge is 0.126 e. The lowest BCUT2D eigenvalue weighted by molar-refractivity contribution is -0.0632. The first-order valence-corrected chi connectivity index (χ1v) is 7.29. The summed E-state index contributed by atoms with van der Waals surface area (Å²) in [5.74, 6) is 1.74. The largest absolute Gasteiger partial charge is 0.487 e. The summed E-state index contributed by atoms with van der Waals surface area (Å²) < 4.78 is 12.1. The molecule has 0 aromatic heterocycles. The third kappa shape index (κ3) is 2.63. The van der Waals surface area contributed by atoms with Crippen molar-refractivity contribution >= 4 is 0 Å². The van der Waals surface area contributed by atoms with Gasteiger partial charge in [-0.15, -0.1) is 0 Å². The van der Waals surface area contributed by atoms with Crippen LogP contribution >= 0.6 is 0 Å². The van der Waals surface area contributed by atoms with Crippen LogP contribution in [0.1, 0.15) is 31.7 Å². The Balaban J connectivity index is 1.57. The molecule has 19 heavy (non-hydrogen) atoms. The Morgan fingerprint density at radius 2 is 2.26 bits per heavy atom. The van der Waals surface area contributed by atoms with Gasteiger partial charge in [0.25, 0.3) is 0 Å². The van der Waals surface area contributed by atoms with Crippen molar-refractivity contribution in [3.8, 4) is 5.75 Å². The van der Waals surface area contributed by atoms with E-state index in [-0.39, 0.29) is 11.7 Å². The van der Waals surface area contributed by atoms with Gasteiger partial charge < -0.3 is 15.2 Å². The first kappa shape index (κ1) is 12.9. The van der Waals surface area contributed by atoms with Gasteiger partial charge in [0.05, 0.1) is 12.2 Å². The number of benzene rings is 1. The van der Waals surface area contributed by atoms with E-state index in [1.165, 1.54) is 12.0 Å². The highest BCUT2D eigenvalue weighted by molar-refractivity contribution is 5.37. The Bertz CT molecular complexity index is 423. The first-order chi connectivity index (χ1) is 9.21. The van der Waals surface area contributed by atoms with Crippen LogP contribution in [0.4, 0.5) is 0 Å². The van der Waals surface area contributed by atoms with Crippen LogP contribution < -0.4 is 10.5 Å². The minimum absolute atomic E-state index is 0.0997. The van der Waals surface area contributed by atoms with Crippen molar-refractivity contribution in [1.82, 2.24) is 0 Å². The molecule has 1 aliphatic carbocycles. The molecule has 0 saturated heterocycles. The second kappa shape index (κ2) is 5.14. The Morgan fingerprint density at radius 1 is 1.42 bits per heavy atom. The summed E-state index contributed by atoms with van der Waals surface area (Å²) in [7, 11) is 0. The van der Waals surface area contributed by atoms with Crippen molar-refractivity contribution < 1.29 is 9.47 Å². The molecule has 0 amide bonds. The molecule has 1 fully saturated rings. The maximum atomic E-state index is 6.18. The van der Waals surface area contributed by atoms with Crippen molar-refractivity contribution in [1.29, 1.82) is 0 Å². The zero-order valence-corrected chi connectivity index (χ0v) is 11.6. The standard InChI is InChI=1S/C16H23NO2/c1-12-6-7-16(9-12,11-17)18-10-14-8-13-4-2-3-5-15(13)19-14/h2-5,12,14H,6-11,17H2,1H3. The average molecular weight is 261 g/mol. The molecule has 3 heteroatoms. The molecule has 1 heterocycles. The van der Waals surface area contributed by atoms with Crippen LogP contribution in [0, 0.1) is 5.92 Å². The van der Waals surface area contributed by atoms with E-state index in [0.29, 0.717) is 13.2 Å². The molecule has 2 N–H and O–H groups in total. The Hall–Kier alpha value is -1.06. The molecule has 3 unspecified atom stereocenters. The molecule has 1 aliphatic heterocycles. The van der Waals surface area contributed by atoms with E-state index in [0.717, 1.165) is 30.9 Å². The number of ether oxygens (including phenoxy) is 2. The SMILES string of the molecule is CC1CCC(CN)(OCC2Cc3ccccc3O2)C1. The fourth-order valence-corrected chi connectivity index (χ4v) is 3.34. The molecule has 0 radical (unpaired) electrons. The van der Waals surface area contributed by atoms with Gasteiger partial charge in [-0.25, -0.2) is 0 Å². The number of para-hydroxylation sites is 1. The number of rotatable bonds is 4. The molecule has 0 bridgehead atoms. The summed E-state index contributed by atoms with van der Waals surface area (Å²) in [5, 5.41) is 0. The molecule has 1 aromatic rings. The van der Waals surface area contributed by atoms with E-state index < -0.39 is 0 Å². The molecule has 0 spiro atoms. The van der Waals surface area contributed by atoms with Crippen molar-refractivity contribution in [2.45, 2.75) is 44.3 Å². The third-order valence-electron chi connectivity index (χ3n) is 4.47. The van der Waals surface area contributed by atoms with Gasteiger partial charge >= 0.3 is 0 Å². The van der Waals surface area contributed by atoms with Gasteiger partial charge in [-0.2, -0.15) is 0 Å². The Kier molecular flexibility index (Phi) is 3.50. The van der Waals surface area contributed by atoms with Gasteiger partial charge in [-0.1, -0.05) is 25.1 Å². The van der Waals surface area contributed by atoms with Crippen LogP contribution in [-0.2, 0) is 11.2 Å². The minimum Gasteiger partial charge on any atom is -0.487 e. The molecule has 2 aliphatic rings. The number of hydrogen-bond donors (Lipinski definition) is 1. The lowest BCUT2D eigenvalue weighted by atomic mass is 10.0. The molecule has 3 nitrogen and oxygen atoms in total. The van der Waals surface area contributed by atoms with E-state index in [4.69, 9.17) is 15.2 Å². The lowest BCUT2D eigenvalue weighted by Gasteiger charge is -2.29. The number of hydrogen-bond acceptors (Lipinski definition) is 3. The zero-order chi connectivity index (χ0) is 13.3. The third-order valence-corrected chi connectivity index (χ3v) is 4.47. The predicted octanol–water partition coefficient (Wildman–Crippen LogP) is 2.52. The number of nitrogens with two attached hydrogens (primary N) is 1. The van der Waals surface area contributed by atoms with E-state index in [2.05, 4.69) is 19.1 Å². The van der Waals surface area contributed by atoms with Crippen LogP contribution in [-0.4, -0.2) is 24.9 Å². The Morgan fingerprint density at radius 3 is 2.95 bits per heavy atom. The number of fused-ring (bicyclic) bond motifs is 1. The summed E-state index contributed by atoms with van der Waals surface area (Å²) in [5.41, 5.74) is 7.12. The lowest BCUT2D eigenvalue weighted by Crippen LogP contribution is -2.41. The summed E-state index contributed by atoms with van der Waals surface area (Å²) >= 11 is 0. The molecule has 1 aromatic carbocycles. The van der Waals surface area contributed by atoms with Crippen molar-refractivity contribution in [2.75, 3.05) is 13.2 Å². The summed E-state index contributed by atoms with van der Waals surface area (Å²) in [6, 6.07) is 8.24. The summed E-state index contributed by atoms with van der Waals surface area (Å²) in [6.07, 6.45) is 4.50. The molecular formula is C16H23NO2. The zero-order valence-electron chi connectivity index (χ0n) is 11.6. The van der Waals surface area contributed by atoms with Crippen molar-refractivity contribution in [3.05, 3.63) is 29.8 Å². The van der Waals surface area contributed by atoms with Gasteiger partial charge in [0.2, 0.25) is 0 Å². The van der Waals surface area contributed by atoms with Gasteiger partial charge in [0.1, 0.15) is 11.9 Å². The fraction of sp³-hybridized carbons (Fsp3) is 0.625. The second-order valence-corrected chi connectivity index (χ2v) is 6.10. The van der Waals surface area contributed by atoms with Crippen LogP contribution in [0.3, 0.4) is 0 Å². The summed E-state index contributed by atoms with van der Waals surface area (Å²) in [4.78, 5) is 0. The van der Waals surface area contributed by atoms with Crippen LogP contribution in [0.2, 0.25) is 0 Å². The molecule has 104 valence electrons. The minimum atomic E-state index is -0.0997. The topological polar surface area (TPSA) is 44.5 Å². The van der Waals surface area contributed by atoms with E-state index in [9.17, 15) is 0 Å². The highest BCUT2D eigenvalue weighted by Crippen LogP contribution is 2.37. The Labute approximate surface area is 115 Å². The van der Waals surface area contributed by atoms with Crippen LogP contribution in [0.25, 0.3) is 0 Å².